The lowest BCUT2D eigenvalue weighted by atomic mass is 10.1. The number of nitrogens with two attached hydrogens (primary N) is 1. The second kappa shape index (κ2) is 4.77. The molecule has 3 N–H and O–H groups in total. The molecular formula is C11H19N3S. The number of hydrogen-bond donors (Lipinski definition) is 2. The van der Waals surface area contributed by atoms with Crippen LogP contribution in [0.25, 0.3) is 0 Å². The average molecular weight is 225 g/mol. The number of nitrogens with one attached hydrogen (secondary N) is 1. The molecule has 0 bridgehead atoms. The van der Waals surface area contributed by atoms with Crippen molar-refractivity contribution in [2.24, 2.45) is 10.8 Å². The minimum Gasteiger partial charge on any atom is -0.308 e. The van der Waals surface area contributed by atoms with Crippen molar-refractivity contribution >= 4 is 17.2 Å². The maximum Gasteiger partial charge on any atom is 0.153 e. The van der Waals surface area contributed by atoms with Gasteiger partial charge in [-0.05, 0) is 39.3 Å². The van der Waals surface area contributed by atoms with Crippen molar-refractivity contribution in [3.8, 4) is 0 Å². The highest BCUT2D eigenvalue weighted by atomic mass is 32.1. The van der Waals surface area contributed by atoms with Crippen LogP contribution in [-0.4, -0.2) is 11.4 Å². The second-order valence-electron chi connectivity index (χ2n) is 4.40. The Morgan fingerprint density at radius 3 is 2.53 bits per heavy atom. The summed E-state index contributed by atoms with van der Waals surface area (Å²) in [5, 5.41) is 0. The molecule has 0 saturated heterocycles. The van der Waals surface area contributed by atoms with Gasteiger partial charge in [0.25, 0.3) is 0 Å². The second-order valence-corrected chi connectivity index (χ2v) is 5.56. The summed E-state index contributed by atoms with van der Waals surface area (Å²) in [4.78, 5) is 6.99. The zero-order chi connectivity index (χ0) is 11.5. The van der Waals surface area contributed by atoms with Crippen molar-refractivity contribution in [1.29, 1.82) is 0 Å². The Balaban J connectivity index is 2.97. The standard InChI is InChI=1S/C11H19N3S/c1-5-8-6-7-9(15-8)10(14-12)13-11(2,3)4/h6-7H,5,12H2,1-4H3,(H,13,14). The zero-order valence-electron chi connectivity index (χ0n) is 9.79. The van der Waals surface area contributed by atoms with E-state index in [-0.39, 0.29) is 5.54 Å². The molecule has 0 aromatic carbocycles. The molecule has 1 aromatic rings. The third-order valence-corrected chi connectivity index (χ3v) is 3.06. The molecule has 0 unspecified atom stereocenters. The molecular weight excluding hydrogens is 206 g/mol. The van der Waals surface area contributed by atoms with E-state index in [2.05, 4.69) is 50.2 Å². The quantitative estimate of drug-likeness (QED) is 0.351. The fourth-order valence-electron chi connectivity index (χ4n) is 1.19. The highest BCUT2D eigenvalue weighted by Gasteiger charge is 2.12. The SMILES string of the molecule is CCc1ccc(C(=NC(C)(C)C)NN)s1. The van der Waals surface area contributed by atoms with Crippen molar-refractivity contribution in [3.05, 3.63) is 21.9 Å². The Morgan fingerprint density at radius 2 is 2.13 bits per heavy atom. The molecule has 0 aliphatic rings. The van der Waals surface area contributed by atoms with Crippen molar-refractivity contribution in [3.63, 3.8) is 0 Å². The molecule has 84 valence electrons. The zero-order valence-corrected chi connectivity index (χ0v) is 10.6. The summed E-state index contributed by atoms with van der Waals surface area (Å²) in [5.74, 6) is 6.26. The number of thiophene rings is 1. The van der Waals surface area contributed by atoms with Crippen LogP contribution in [-0.2, 0) is 6.42 Å². The fraction of sp³-hybridized carbons (Fsp3) is 0.545. The molecule has 3 nitrogen and oxygen atoms in total. The lowest BCUT2D eigenvalue weighted by Gasteiger charge is -2.14. The van der Waals surface area contributed by atoms with Crippen LogP contribution < -0.4 is 11.3 Å². The van der Waals surface area contributed by atoms with Gasteiger partial charge in [-0.3, -0.25) is 4.99 Å². The third-order valence-electron chi connectivity index (χ3n) is 1.83. The maximum absolute atomic E-state index is 5.49. The molecule has 15 heavy (non-hydrogen) atoms. The summed E-state index contributed by atoms with van der Waals surface area (Å²) >= 11 is 1.73. The van der Waals surface area contributed by atoms with Gasteiger partial charge >= 0.3 is 0 Å². The van der Waals surface area contributed by atoms with Gasteiger partial charge in [0.2, 0.25) is 0 Å². The summed E-state index contributed by atoms with van der Waals surface area (Å²) in [6.07, 6.45) is 1.05. The Hall–Kier alpha value is -0.870. The van der Waals surface area contributed by atoms with Crippen LogP contribution in [0.15, 0.2) is 17.1 Å². The minimum absolute atomic E-state index is 0.113. The minimum atomic E-state index is -0.113. The summed E-state index contributed by atoms with van der Waals surface area (Å²) in [5.41, 5.74) is 2.56. The molecule has 0 atom stereocenters. The van der Waals surface area contributed by atoms with Gasteiger partial charge in [0.1, 0.15) is 0 Å². The normalized spacial score (nSPS) is 13.0. The monoisotopic (exact) mass is 225 g/mol. The number of aryl methyl sites for hydroxylation is 1. The van der Waals surface area contributed by atoms with E-state index in [1.165, 1.54) is 4.88 Å². The summed E-state index contributed by atoms with van der Waals surface area (Å²) in [6, 6.07) is 4.18. The lowest BCUT2D eigenvalue weighted by Crippen LogP contribution is -2.33. The fourth-order valence-corrected chi connectivity index (χ4v) is 2.09. The first-order valence-corrected chi connectivity index (χ1v) is 5.93. The molecule has 0 spiro atoms. The van der Waals surface area contributed by atoms with Crippen LogP contribution in [0.2, 0.25) is 0 Å². The molecule has 0 aliphatic carbocycles. The molecule has 0 radical (unpaired) electrons. The average Bonchev–Trinajstić information content (AvgIpc) is 2.60. The van der Waals surface area contributed by atoms with E-state index in [1.54, 1.807) is 11.3 Å². The van der Waals surface area contributed by atoms with Crippen molar-refractivity contribution < 1.29 is 0 Å². The molecule has 0 saturated carbocycles. The van der Waals surface area contributed by atoms with E-state index in [4.69, 9.17) is 5.84 Å². The predicted octanol–water partition coefficient (Wildman–Crippen LogP) is 2.32. The smallest absolute Gasteiger partial charge is 0.153 e. The van der Waals surface area contributed by atoms with E-state index >= 15 is 0 Å². The first kappa shape index (κ1) is 12.2. The Labute approximate surface area is 95.4 Å². The largest absolute Gasteiger partial charge is 0.308 e. The van der Waals surface area contributed by atoms with Crippen LogP contribution in [0, 0.1) is 0 Å². The molecule has 1 heterocycles. The number of aliphatic imine (C=N–C) groups is 1. The van der Waals surface area contributed by atoms with E-state index in [9.17, 15) is 0 Å². The predicted molar refractivity (Wildman–Crippen MR) is 67.3 cm³/mol. The van der Waals surface area contributed by atoms with Crippen molar-refractivity contribution in [1.82, 2.24) is 5.43 Å². The molecule has 1 rings (SSSR count). The molecule has 0 aliphatic heterocycles. The van der Waals surface area contributed by atoms with Gasteiger partial charge in [0.05, 0.1) is 10.4 Å². The van der Waals surface area contributed by atoms with Gasteiger partial charge in [0.15, 0.2) is 5.84 Å². The first-order chi connectivity index (χ1) is 6.96. The third kappa shape index (κ3) is 3.64. The molecule has 0 amide bonds. The van der Waals surface area contributed by atoms with Gasteiger partial charge in [0, 0.05) is 4.88 Å². The van der Waals surface area contributed by atoms with Gasteiger partial charge < -0.3 is 5.43 Å². The Bertz CT molecular complexity index is 347. The highest BCUT2D eigenvalue weighted by Crippen LogP contribution is 2.18. The number of nitrogens with zero attached hydrogens (tertiary/aromatic N) is 1. The van der Waals surface area contributed by atoms with Crippen LogP contribution >= 0.6 is 11.3 Å². The lowest BCUT2D eigenvalue weighted by molar-refractivity contribution is 0.580. The van der Waals surface area contributed by atoms with E-state index in [0.717, 1.165) is 17.1 Å². The Kier molecular flexibility index (Phi) is 3.88. The highest BCUT2D eigenvalue weighted by molar-refractivity contribution is 7.14. The van der Waals surface area contributed by atoms with Gasteiger partial charge in [-0.1, -0.05) is 6.92 Å². The number of hydrazine groups is 1. The van der Waals surface area contributed by atoms with Crippen LogP contribution in [0.1, 0.15) is 37.4 Å². The number of rotatable bonds is 2. The maximum atomic E-state index is 5.49. The van der Waals surface area contributed by atoms with E-state index in [1.807, 2.05) is 0 Å². The molecule has 0 fully saturated rings. The van der Waals surface area contributed by atoms with Crippen LogP contribution in [0.3, 0.4) is 0 Å². The first-order valence-electron chi connectivity index (χ1n) is 5.12. The summed E-state index contributed by atoms with van der Waals surface area (Å²) in [6.45, 7) is 8.31. The van der Waals surface area contributed by atoms with Crippen LogP contribution in [0.5, 0.6) is 0 Å². The Morgan fingerprint density at radius 1 is 1.47 bits per heavy atom. The van der Waals surface area contributed by atoms with E-state index in [0.29, 0.717) is 0 Å². The summed E-state index contributed by atoms with van der Waals surface area (Å²) in [7, 11) is 0. The van der Waals surface area contributed by atoms with Gasteiger partial charge in [-0.25, -0.2) is 5.84 Å². The number of amidine groups is 1. The topological polar surface area (TPSA) is 50.4 Å². The van der Waals surface area contributed by atoms with Crippen molar-refractivity contribution in [2.75, 3.05) is 0 Å². The summed E-state index contributed by atoms with van der Waals surface area (Å²) < 4.78 is 0. The molecule has 1 aromatic heterocycles. The van der Waals surface area contributed by atoms with Crippen LogP contribution in [0.4, 0.5) is 0 Å². The molecule has 4 heteroatoms. The van der Waals surface area contributed by atoms with Gasteiger partial charge in [-0.2, -0.15) is 0 Å². The van der Waals surface area contributed by atoms with Gasteiger partial charge in [-0.15, -0.1) is 11.3 Å². The number of hydrogen-bond acceptors (Lipinski definition) is 3. The van der Waals surface area contributed by atoms with Crippen molar-refractivity contribution in [2.45, 2.75) is 39.7 Å². The van der Waals surface area contributed by atoms with E-state index < -0.39 is 0 Å².